The second-order valence-corrected chi connectivity index (χ2v) is 4.59. The number of Topliss-reactive ketones (excluding diaryl/α,β-unsaturated/α-hetero) is 1. The first-order valence-electron chi connectivity index (χ1n) is 5.81. The van der Waals surface area contributed by atoms with Gasteiger partial charge in [0.2, 0.25) is 0 Å². The van der Waals surface area contributed by atoms with Crippen LogP contribution in [0.4, 0.5) is 5.69 Å². The summed E-state index contributed by atoms with van der Waals surface area (Å²) in [5, 5.41) is 0.548. The van der Waals surface area contributed by atoms with Crippen molar-refractivity contribution in [1.82, 2.24) is 0 Å². The SMILES string of the molecule is CCCCCN1C(=O)C(=O)c2ccc(Cl)cc21. The van der Waals surface area contributed by atoms with E-state index in [1.807, 2.05) is 0 Å². The summed E-state index contributed by atoms with van der Waals surface area (Å²) >= 11 is 5.90. The van der Waals surface area contributed by atoms with Gasteiger partial charge in [-0.25, -0.2) is 0 Å². The molecule has 1 aromatic rings. The zero-order valence-electron chi connectivity index (χ0n) is 9.70. The lowest BCUT2D eigenvalue weighted by Gasteiger charge is -2.16. The molecule has 4 heteroatoms. The molecule has 3 nitrogen and oxygen atoms in total. The van der Waals surface area contributed by atoms with Gasteiger partial charge in [-0.3, -0.25) is 9.59 Å². The van der Waals surface area contributed by atoms with E-state index in [9.17, 15) is 9.59 Å². The Morgan fingerprint density at radius 2 is 2.00 bits per heavy atom. The van der Waals surface area contributed by atoms with Crippen LogP contribution in [0.5, 0.6) is 0 Å². The van der Waals surface area contributed by atoms with Crippen LogP contribution >= 0.6 is 11.6 Å². The monoisotopic (exact) mass is 251 g/mol. The van der Waals surface area contributed by atoms with Crippen molar-refractivity contribution in [2.45, 2.75) is 26.2 Å². The smallest absolute Gasteiger partial charge is 0.299 e. The molecule has 1 amide bonds. The Kier molecular flexibility index (Phi) is 3.48. The van der Waals surface area contributed by atoms with E-state index in [1.54, 1.807) is 23.1 Å². The summed E-state index contributed by atoms with van der Waals surface area (Å²) in [5.74, 6) is -0.855. The number of ketones is 1. The van der Waals surface area contributed by atoms with Crippen LogP contribution < -0.4 is 4.90 Å². The highest BCUT2D eigenvalue weighted by Gasteiger charge is 2.35. The molecule has 0 bridgehead atoms. The fraction of sp³-hybridized carbons (Fsp3) is 0.385. The number of nitrogens with zero attached hydrogens (tertiary/aromatic N) is 1. The summed E-state index contributed by atoms with van der Waals surface area (Å²) in [6, 6.07) is 4.95. The van der Waals surface area contributed by atoms with Crippen molar-refractivity contribution in [1.29, 1.82) is 0 Å². The molecule has 0 aromatic heterocycles. The quantitative estimate of drug-likeness (QED) is 0.609. The van der Waals surface area contributed by atoms with E-state index >= 15 is 0 Å². The van der Waals surface area contributed by atoms with Gasteiger partial charge in [-0.2, -0.15) is 0 Å². The number of hydrogen-bond donors (Lipinski definition) is 0. The number of carbonyl (C=O) groups excluding carboxylic acids is 2. The number of fused-ring (bicyclic) bond motifs is 1. The van der Waals surface area contributed by atoms with E-state index in [2.05, 4.69) is 6.92 Å². The van der Waals surface area contributed by atoms with Crippen LogP contribution in [-0.2, 0) is 4.79 Å². The number of anilines is 1. The highest BCUT2D eigenvalue weighted by atomic mass is 35.5. The van der Waals surface area contributed by atoms with Crippen molar-refractivity contribution in [2.24, 2.45) is 0 Å². The highest BCUT2D eigenvalue weighted by Crippen LogP contribution is 2.31. The normalized spacial score (nSPS) is 14.4. The topological polar surface area (TPSA) is 37.4 Å². The molecule has 1 aliphatic rings. The number of carbonyl (C=O) groups is 2. The Bertz CT molecular complexity index is 470. The minimum Gasteiger partial charge on any atom is -0.305 e. The van der Waals surface area contributed by atoms with Crippen LogP contribution in [0.15, 0.2) is 18.2 Å². The Hall–Kier alpha value is -1.35. The van der Waals surface area contributed by atoms with E-state index in [0.717, 1.165) is 19.3 Å². The van der Waals surface area contributed by atoms with Gasteiger partial charge in [-0.05, 0) is 24.6 Å². The van der Waals surface area contributed by atoms with Crippen LogP contribution in [-0.4, -0.2) is 18.2 Å². The summed E-state index contributed by atoms with van der Waals surface area (Å²) in [5.41, 5.74) is 1.12. The lowest BCUT2D eigenvalue weighted by atomic mass is 10.1. The molecule has 2 rings (SSSR count). The molecule has 0 atom stereocenters. The number of benzene rings is 1. The van der Waals surface area contributed by atoms with Gasteiger partial charge >= 0.3 is 0 Å². The van der Waals surface area contributed by atoms with Crippen molar-refractivity contribution >= 4 is 29.0 Å². The molecule has 0 spiro atoms. The minimum atomic E-state index is -0.432. The molecule has 0 saturated heterocycles. The Balaban J connectivity index is 2.26. The van der Waals surface area contributed by atoms with Gasteiger partial charge in [0.05, 0.1) is 11.3 Å². The van der Waals surface area contributed by atoms with Crippen molar-refractivity contribution in [3.8, 4) is 0 Å². The maximum absolute atomic E-state index is 11.8. The van der Waals surface area contributed by atoms with Gasteiger partial charge in [-0.15, -0.1) is 0 Å². The van der Waals surface area contributed by atoms with Gasteiger partial charge in [0, 0.05) is 11.6 Å². The fourth-order valence-corrected chi connectivity index (χ4v) is 2.18. The summed E-state index contributed by atoms with van der Waals surface area (Å²) in [4.78, 5) is 25.1. The maximum atomic E-state index is 11.8. The maximum Gasteiger partial charge on any atom is 0.299 e. The standard InChI is InChI=1S/C13H14ClNO2/c1-2-3-4-7-15-11-8-9(14)5-6-10(11)12(16)13(15)17/h5-6,8H,2-4,7H2,1H3. The van der Waals surface area contributed by atoms with Crippen LogP contribution in [0.25, 0.3) is 0 Å². The third-order valence-corrected chi connectivity index (χ3v) is 3.15. The predicted octanol–water partition coefficient (Wildman–Crippen LogP) is 3.06. The number of rotatable bonds is 4. The molecule has 0 N–H and O–H groups in total. The molecule has 0 radical (unpaired) electrons. The molecular weight excluding hydrogens is 238 g/mol. The molecule has 17 heavy (non-hydrogen) atoms. The largest absolute Gasteiger partial charge is 0.305 e. The summed E-state index contributed by atoms with van der Waals surface area (Å²) < 4.78 is 0. The Morgan fingerprint density at radius 3 is 2.71 bits per heavy atom. The van der Waals surface area contributed by atoms with E-state index in [1.165, 1.54) is 0 Å². The average molecular weight is 252 g/mol. The molecule has 90 valence electrons. The first kappa shape index (κ1) is 12.1. The first-order chi connectivity index (χ1) is 8.15. The van der Waals surface area contributed by atoms with Gasteiger partial charge in [-0.1, -0.05) is 31.4 Å². The highest BCUT2D eigenvalue weighted by molar-refractivity contribution is 6.52. The number of unbranched alkanes of at least 4 members (excludes halogenated alkanes) is 2. The van der Waals surface area contributed by atoms with Gasteiger partial charge in [0.15, 0.2) is 0 Å². The summed E-state index contributed by atoms with van der Waals surface area (Å²) in [6.45, 7) is 2.69. The average Bonchev–Trinajstić information content (AvgIpc) is 2.54. The molecule has 1 aliphatic heterocycles. The molecule has 0 unspecified atom stereocenters. The number of halogens is 1. The summed E-state index contributed by atoms with van der Waals surface area (Å²) in [6.07, 6.45) is 3.04. The molecule has 1 aromatic carbocycles. The zero-order chi connectivity index (χ0) is 12.4. The van der Waals surface area contributed by atoms with Crippen LogP contribution in [0.3, 0.4) is 0 Å². The number of hydrogen-bond acceptors (Lipinski definition) is 2. The van der Waals surface area contributed by atoms with Gasteiger partial charge < -0.3 is 4.90 Å². The predicted molar refractivity (Wildman–Crippen MR) is 67.7 cm³/mol. The van der Waals surface area contributed by atoms with Gasteiger partial charge in [0.25, 0.3) is 11.7 Å². The van der Waals surface area contributed by atoms with Crippen LogP contribution in [0.2, 0.25) is 5.02 Å². The lowest BCUT2D eigenvalue weighted by Crippen LogP contribution is -2.30. The third-order valence-electron chi connectivity index (χ3n) is 2.92. The third kappa shape index (κ3) is 2.20. The molecule has 1 heterocycles. The molecule has 0 fully saturated rings. The first-order valence-corrected chi connectivity index (χ1v) is 6.18. The zero-order valence-corrected chi connectivity index (χ0v) is 10.5. The second-order valence-electron chi connectivity index (χ2n) is 4.15. The van der Waals surface area contributed by atoms with Crippen LogP contribution in [0.1, 0.15) is 36.5 Å². The van der Waals surface area contributed by atoms with E-state index in [-0.39, 0.29) is 0 Å². The van der Waals surface area contributed by atoms with Crippen molar-refractivity contribution in [3.63, 3.8) is 0 Å². The fourth-order valence-electron chi connectivity index (χ4n) is 2.01. The Morgan fingerprint density at radius 1 is 1.24 bits per heavy atom. The van der Waals surface area contributed by atoms with Gasteiger partial charge in [0.1, 0.15) is 0 Å². The van der Waals surface area contributed by atoms with Crippen molar-refractivity contribution < 1.29 is 9.59 Å². The van der Waals surface area contributed by atoms with Crippen molar-refractivity contribution in [3.05, 3.63) is 28.8 Å². The number of amides is 1. The second kappa shape index (κ2) is 4.88. The minimum absolute atomic E-state index is 0.423. The van der Waals surface area contributed by atoms with Crippen LogP contribution in [0, 0.1) is 0 Å². The Labute approximate surface area is 105 Å². The lowest BCUT2D eigenvalue weighted by molar-refractivity contribution is -0.114. The molecule has 0 saturated carbocycles. The molecular formula is C13H14ClNO2. The van der Waals surface area contributed by atoms with E-state index in [0.29, 0.717) is 22.8 Å². The summed E-state index contributed by atoms with van der Waals surface area (Å²) in [7, 11) is 0. The van der Waals surface area contributed by atoms with E-state index < -0.39 is 11.7 Å². The van der Waals surface area contributed by atoms with E-state index in [4.69, 9.17) is 11.6 Å². The molecule has 0 aliphatic carbocycles. The van der Waals surface area contributed by atoms with Crippen molar-refractivity contribution in [2.75, 3.05) is 11.4 Å².